The highest BCUT2D eigenvalue weighted by Crippen LogP contribution is 2.20. The second-order valence-electron chi connectivity index (χ2n) is 3.74. The molecule has 0 fully saturated rings. The van der Waals surface area contributed by atoms with E-state index in [1.165, 1.54) is 6.07 Å². The molecule has 0 bridgehead atoms. The maximum atomic E-state index is 11.7. The zero-order chi connectivity index (χ0) is 14.3. The van der Waals surface area contributed by atoms with E-state index in [1.807, 2.05) is 13.8 Å². The van der Waals surface area contributed by atoms with Crippen LogP contribution in [0.4, 0.5) is 5.69 Å². The van der Waals surface area contributed by atoms with Crippen molar-refractivity contribution in [2.45, 2.75) is 13.8 Å². The molecule has 0 aliphatic heterocycles. The summed E-state index contributed by atoms with van der Waals surface area (Å²) in [4.78, 5) is 23.2. The summed E-state index contributed by atoms with van der Waals surface area (Å²) in [6.45, 7) is 4.59. The first-order valence-corrected chi connectivity index (χ1v) is 6.41. The number of halogens is 1. The fourth-order valence-corrected chi connectivity index (χ4v) is 1.63. The lowest BCUT2D eigenvalue weighted by Crippen LogP contribution is -2.23. The Balaban J connectivity index is 2.78. The maximum Gasteiger partial charge on any atom is 0.252 e. The Labute approximate surface area is 117 Å². The van der Waals surface area contributed by atoms with Gasteiger partial charge in [-0.1, -0.05) is 11.6 Å². The molecule has 6 heteroatoms. The highest BCUT2D eigenvalue weighted by Gasteiger charge is 2.11. The smallest absolute Gasteiger partial charge is 0.252 e. The van der Waals surface area contributed by atoms with Gasteiger partial charge in [-0.3, -0.25) is 9.59 Å². The van der Waals surface area contributed by atoms with Gasteiger partial charge in [-0.2, -0.15) is 0 Å². The molecule has 0 saturated heterocycles. The zero-order valence-electron chi connectivity index (χ0n) is 11.0. The van der Waals surface area contributed by atoms with Crippen molar-refractivity contribution in [2.75, 3.05) is 25.1 Å². The van der Waals surface area contributed by atoms with Gasteiger partial charge in [0.1, 0.15) is 6.61 Å². The first-order chi connectivity index (χ1) is 9.08. The quantitative estimate of drug-likeness (QED) is 0.840. The van der Waals surface area contributed by atoms with Crippen molar-refractivity contribution in [3.8, 4) is 0 Å². The van der Waals surface area contributed by atoms with Crippen molar-refractivity contribution < 1.29 is 14.3 Å². The summed E-state index contributed by atoms with van der Waals surface area (Å²) in [6.07, 6.45) is 0. The molecule has 0 atom stereocenters. The van der Waals surface area contributed by atoms with Crippen molar-refractivity contribution in [3.05, 3.63) is 28.8 Å². The summed E-state index contributed by atoms with van der Waals surface area (Å²) in [6, 6.07) is 4.74. The third-order valence-corrected chi connectivity index (χ3v) is 2.60. The number of benzene rings is 1. The number of nitrogens with one attached hydrogen (secondary N) is 2. The number of rotatable bonds is 6. The molecule has 1 aromatic rings. The minimum Gasteiger partial charge on any atom is -0.372 e. The van der Waals surface area contributed by atoms with Crippen molar-refractivity contribution in [2.24, 2.45) is 0 Å². The van der Waals surface area contributed by atoms with Gasteiger partial charge in [0.05, 0.1) is 10.6 Å². The Morgan fingerprint density at radius 3 is 2.68 bits per heavy atom. The minimum absolute atomic E-state index is 0.0182. The molecule has 0 aromatic heterocycles. The first-order valence-electron chi connectivity index (χ1n) is 6.03. The van der Waals surface area contributed by atoms with Crippen LogP contribution in [0.5, 0.6) is 0 Å². The molecule has 104 valence electrons. The summed E-state index contributed by atoms with van der Waals surface area (Å²) in [5, 5.41) is 5.64. The number of hydrogen-bond acceptors (Lipinski definition) is 3. The van der Waals surface area contributed by atoms with Crippen LogP contribution in [0.3, 0.4) is 0 Å². The standard InChI is InChI=1S/C13H17ClN2O3/c1-3-15-13(18)10-7-9(5-6-11(10)14)16-12(17)8-19-4-2/h5-7H,3-4,8H2,1-2H3,(H,15,18)(H,16,17). The van der Waals surface area contributed by atoms with Crippen LogP contribution in [0.25, 0.3) is 0 Å². The molecule has 1 aromatic carbocycles. The van der Waals surface area contributed by atoms with E-state index in [0.717, 1.165) is 0 Å². The van der Waals surface area contributed by atoms with E-state index >= 15 is 0 Å². The SMILES string of the molecule is CCNC(=O)c1cc(NC(=O)COCC)ccc1Cl. The summed E-state index contributed by atoms with van der Waals surface area (Å²) in [5.74, 6) is -0.542. The van der Waals surface area contributed by atoms with E-state index < -0.39 is 0 Å². The second kappa shape index (κ2) is 7.76. The molecule has 0 spiro atoms. The molecule has 0 aliphatic carbocycles. The highest BCUT2D eigenvalue weighted by atomic mass is 35.5. The maximum absolute atomic E-state index is 11.7. The molecule has 0 heterocycles. The van der Waals surface area contributed by atoms with Crippen LogP contribution in [0.1, 0.15) is 24.2 Å². The van der Waals surface area contributed by atoms with Gasteiger partial charge >= 0.3 is 0 Å². The third kappa shape index (κ3) is 4.89. The lowest BCUT2D eigenvalue weighted by molar-refractivity contribution is -0.120. The Morgan fingerprint density at radius 2 is 2.05 bits per heavy atom. The Hall–Kier alpha value is -1.59. The fraction of sp³-hybridized carbons (Fsp3) is 0.385. The normalized spacial score (nSPS) is 10.1. The van der Waals surface area contributed by atoms with Gasteiger partial charge in [-0.05, 0) is 32.0 Å². The van der Waals surface area contributed by atoms with Crippen molar-refractivity contribution in [1.29, 1.82) is 0 Å². The summed E-state index contributed by atoms with van der Waals surface area (Å²) < 4.78 is 4.99. The second-order valence-corrected chi connectivity index (χ2v) is 4.15. The lowest BCUT2D eigenvalue weighted by atomic mass is 10.2. The molecule has 5 nitrogen and oxygen atoms in total. The van der Waals surface area contributed by atoms with Gasteiger partial charge in [-0.15, -0.1) is 0 Å². The van der Waals surface area contributed by atoms with Gasteiger partial charge in [-0.25, -0.2) is 0 Å². The molecule has 19 heavy (non-hydrogen) atoms. The predicted molar refractivity (Wildman–Crippen MR) is 74.6 cm³/mol. The number of carbonyl (C=O) groups excluding carboxylic acids is 2. The van der Waals surface area contributed by atoms with E-state index in [2.05, 4.69) is 10.6 Å². The van der Waals surface area contributed by atoms with Gasteiger partial charge in [0, 0.05) is 18.8 Å². The number of amides is 2. The van der Waals surface area contributed by atoms with Crippen molar-refractivity contribution in [1.82, 2.24) is 5.32 Å². The zero-order valence-corrected chi connectivity index (χ0v) is 11.7. The number of carbonyl (C=O) groups is 2. The lowest BCUT2D eigenvalue weighted by Gasteiger charge is -2.09. The molecule has 1 rings (SSSR count). The van der Waals surface area contributed by atoms with Crippen LogP contribution in [0, 0.1) is 0 Å². The Morgan fingerprint density at radius 1 is 1.32 bits per heavy atom. The molecule has 0 unspecified atom stereocenters. The predicted octanol–water partition coefficient (Wildman–Crippen LogP) is 2.06. The molecule has 0 saturated carbocycles. The monoisotopic (exact) mass is 284 g/mol. The topological polar surface area (TPSA) is 67.4 Å². The number of hydrogen-bond donors (Lipinski definition) is 2. The molecular formula is C13H17ClN2O3. The average molecular weight is 285 g/mol. The molecule has 2 amide bonds. The van der Waals surface area contributed by atoms with Crippen LogP contribution < -0.4 is 10.6 Å². The van der Waals surface area contributed by atoms with Crippen molar-refractivity contribution in [3.63, 3.8) is 0 Å². The molecule has 0 radical (unpaired) electrons. The Kier molecular flexibility index (Phi) is 6.32. The van der Waals surface area contributed by atoms with Crippen LogP contribution in [-0.4, -0.2) is 31.6 Å². The van der Waals surface area contributed by atoms with Crippen LogP contribution in [0.15, 0.2) is 18.2 Å². The van der Waals surface area contributed by atoms with Gasteiger partial charge < -0.3 is 15.4 Å². The van der Waals surface area contributed by atoms with E-state index in [4.69, 9.17) is 16.3 Å². The van der Waals surface area contributed by atoms with E-state index in [-0.39, 0.29) is 18.4 Å². The summed E-state index contributed by atoms with van der Waals surface area (Å²) in [5.41, 5.74) is 0.841. The fourth-order valence-electron chi connectivity index (χ4n) is 1.42. The van der Waals surface area contributed by atoms with E-state index in [1.54, 1.807) is 12.1 Å². The van der Waals surface area contributed by atoms with E-state index in [9.17, 15) is 9.59 Å². The van der Waals surface area contributed by atoms with Crippen LogP contribution >= 0.6 is 11.6 Å². The highest BCUT2D eigenvalue weighted by molar-refractivity contribution is 6.34. The van der Waals surface area contributed by atoms with E-state index in [0.29, 0.717) is 29.4 Å². The van der Waals surface area contributed by atoms with Crippen LogP contribution in [-0.2, 0) is 9.53 Å². The summed E-state index contributed by atoms with van der Waals surface area (Å²) in [7, 11) is 0. The first kappa shape index (κ1) is 15.5. The van der Waals surface area contributed by atoms with Gasteiger partial charge in [0.25, 0.3) is 5.91 Å². The molecule has 2 N–H and O–H groups in total. The minimum atomic E-state index is -0.272. The molecule has 0 aliphatic rings. The van der Waals surface area contributed by atoms with Crippen molar-refractivity contribution >= 4 is 29.1 Å². The summed E-state index contributed by atoms with van der Waals surface area (Å²) >= 11 is 5.95. The van der Waals surface area contributed by atoms with Gasteiger partial charge in [0.15, 0.2) is 0 Å². The largest absolute Gasteiger partial charge is 0.372 e. The van der Waals surface area contributed by atoms with Gasteiger partial charge in [0.2, 0.25) is 5.91 Å². The van der Waals surface area contributed by atoms with Crippen LogP contribution in [0.2, 0.25) is 5.02 Å². The number of anilines is 1. The Bertz CT molecular complexity index is 463. The number of ether oxygens (including phenoxy) is 1. The molecular weight excluding hydrogens is 268 g/mol. The third-order valence-electron chi connectivity index (χ3n) is 2.27. The average Bonchev–Trinajstić information content (AvgIpc) is 2.39.